The molecule has 1 aliphatic heterocycles. The molecule has 1 aromatic rings. The second kappa shape index (κ2) is 6.83. The van der Waals surface area contributed by atoms with Gasteiger partial charge < -0.3 is 20.0 Å². The molecule has 0 aliphatic carbocycles. The zero-order chi connectivity index (χ0) is 14.5. The second-order valence-corrected chi connectivity index (χ2v) is 5.08. The molecule has 1 fully saturated rings. The van der Waals surface area contributed by atoms with E-state index in [-0.39, 0.29) is 0 Å². The lowest BCUT2D eigenvalue weighted by Crippen LogP contribution is -2.50. The molecule has 112 valence electrons. The van der Waals surface area contributed by atoms with Crippen molar-refractivity contribution >= 4 is 11.6 Å². The number of likely N-dealkylation sites (N-methyl/N-ethyl adjacent to an activating group) is 1. The standard InChI is InChI=1S/C13H24N6O/c1-4-20-9-12-15-11(17-14)7-13(16-12)19-6-5-18(3)10(2)8-19/h7,10H,4-6,8-9,14H2,1-3H3,(H,15,16,17). The van der Waals surface area contributed by atoms with Crippen molar-refractivity contribution in [3.8, 4) is 0 Å². The average Bonchev–Trinajstić information content (AvgIpc) is 2.47. The number of nitrogens with one attached hydrogen (secondary N) is 1. The molecule has 2 rings (SSSR count). The Morgan fingerprint density at radius 3 is 2.90 bits per heavy atom. The molecule has 20 heavy (non-hydrogen) atoms. The van der Waals surface area contributed by atoms with E-state index in [1.54, 1.807) is 0 Å². The van der Waals surface area contributed by atoms with E-state index in [1.165, 1.54) is 0 Å². The number of hydrazine groups is 1. The predicted molar refractivity (Wildman–Crippen MR) is 79.5 cm³/mol. The fourth-order valence-corrected chi connectivity index (χ4v) is 2.23. The number of rotatable bonds is 5. The van der Waals surface area contributed by atoms with Crippen LogP contribution < -0.4 is 16.2 Å². The van der Waals surface area contributed by atoms with E-state index in [0.717, 1.165) is 25.5 Å². The monoisotopic (exact) mass is 280 g/mol. The molecule has 7 nitrogen and oxygen atoms in total. The van der Waals surface area contributed by atoms with Crippen LogP contribution in [0, 0.1) is 0 Å². The summed E-state index contributed by atoms with van der Waals surface area (Å²) in [6.07, 6.45) is 0. The number of nitrogens with zero attached hydrogens (tertiary/aromatic N) is 4. The number of aromatic nitrogens is 2. The SMILES string of the molecule is CCOCc1nc(NN)cc(N2CCN(C)C(C)C2)n1. The van der Waals surface area contributed by atoms with E-state index in [1.807, 2.05) is 13.0 Å². The second-order valence-electron chi connectivity index (χ2n) is 5.08. The van der Waals surface area contributed by atoms with Crippen molar-refractivity contribution in [3.05, 3.63) is 11.9 Å². The zero-order valence-electron chi connectivity index (χ0n) is 12.5. The molecule has 1 saturated heterocycles. The Balaban J connectivity index is 2.17. The number of anilines is 2. The van der Waals surface area contributed by atoms with Gasteiger partial charge in [-0.1, -0.05) is 0 Å². The van der Waals surface area contributed by atoms with Crippen LogP contribution in [0.2, 0.25) is 0 Å². The maximum atomic E-state index is 5.49. The van der Waals surface area contributed by atoms with Crippen molar-refractivity contribution < 1.29 is 4.74 Å². The van der Waals surface area contributed by atoms with Crippen LogP contribution in [0.3, 0.4) is 0 Å². The lowest BCUT2D eigenvalue weighted by Gasteiger charge is -2.38. The molecule has 2 heterocycles. The summed E-state index contributed by atoms with van der Waals surface area (Å²) in [6, 6.07) is 2.39. The molecule has 0 radical (unpaired) electrons. The number of ether oxygens (including phenoxy) is 1. The summed E-state index contributed by atoms with van der Waals surface area (Å²) in [5, 5.41) is 0. The normalized spacial score (nSPS) is 20.2. The first-order valence-electron chi connectivity index (χ1n) is 7.01. The lowest BCUT2D eigenvalue weighted by molar-refractivity contribution is 0.128. The van der Waals surface area contributed by atoms with Crippen LogP contribution in [0.1, 0.15) is 19.7 Å². The summed E-state index contributed by atoms with van der Waals surface area (Å²) < 4.78 is 5.38. The molecular formula is C13H24N6O. The van der Waals surface area contributed by atoms with Crippen LogP contribution in [0.25, 0.3) is 0 Å². The molecule has 1 atom stereocenters. The van der Waals surface area contributed by atoms with Crippen LogP contribution in [-0.2, 0) is 11.3 Å². The maximum Gasteiger partial charge on any atom is 0.158 e. The number of nitrogens with two attached hydrogens (primary N) is 1. The van der Waals surface area contributed by atoms with E-state index in [4.69, 9.17) is 10.6 Å². The third-order valence-electron chi connectivity index (χ3n) is 3.63. The van der Waals surface area contributed by atoms with Gasteiger partial charge in [0.15, 0.2) is 5.82 Å². The number of nitrogen functional groups attached to an aromatic ring is 1. The molecule has 3 N–H and O–H groups in total. The van der Waals surface area contributed by atoms with Gasteiger partial charge in [-0.3, -0.25) is 0 Å². The molecule has 1 aliphatic rings. The van der Waals surface area contributed by atoms with E-state index < -0.39 is 0 Å². The smallest absolute Gasteiger partial charge is 0.158 e. The van der Waals surface area contributed by atoms with Crippen LogP contribution in [-0.4, -0.2) is 54.2 Å². The highest BCUT2D eigenvalue weighted by Gasteiger charge is 2.22. The minimum Gasteiger partial charge on any atom is -0.374 e. The Hall–Kier alpha value is -1.44. The van der Waals surface area contributed by atoms with Gasteiger partial charge in [-0.25, -0.2) is 15.8 Å². The summed E-state index contributed by atoms with van der Waals surface area (Å²) in [6.45, 7) is 8.15. The van der Waals surface area contributed by atoms with Crippen molar-refractivity contribution in [1.82, 2.24) is 14.9 Å². The zero-order valence-corrected chi connectivity index (χ0v) is 12.5. The van der Waals surface area contributed by atoms with Crippen molar-refractivity contribution in [2.45, 2.75) is 26.5 Å². The van der Waals surface area contributed by atoms with Crippen LogP contribution in [0.4, 0.5) is 11.6 Å². The Bertz CT molecular complexity index is 441. The molecule has 1 unspecified atom stereocenters. The highest BCUT2D eigenvalue weighted by Crippen LogP contribution is 2.19. The largest absolute Gasteiger partial charge is 0.374 e. The maximum absolute atomic E-state index is 5.49. The summed E-state index contributed by atoms with van der Waals surface area (Å²) >= 11 is 0. The molecule has 0 bridgehead atoms. The fraction of sp³-hybridized carbons (Fsp3) is 0.692. The van der Waals surface area contributed by atoms with E-state index >= 15 is 0 Å². The van der Waals surface area contributed by atoms with Crippen molar-refractivity contribution in [3.63, 3.8) is 0 Å². The van der Waals surface area contributed by atoms with Gasteiger partial charge in [0.1, 0.15) is 18.2 Å². The van der Waals surface area contributed by atoms with Crippen LogP contribution in [0.5, 0.6) is 0 Å². The average molecular weight is 280 g/mol. The molecule has 7 heteroatoms. The van der Waals surface area contributed by atoms with Crippen molar-refractivity contribution in [2.24, 2.45) is 5.84 Å². The van der Waals surface area contributed by atoms with E-state index in [9.17, 15) is 0 Å². The van der Waals surface area contributed by atoms with E-state index in [2.05, 4.69) is 39.2 Å². The van der Waals surface area contributed by atoms with Gasteiger partial charge >= 0.3 is 0 Å². The number of piperazine rings is 1. The van der Waals surface area contributed by atoms with Gasteiger partial charge in [0, 0.05) is 38.3 Å². The topological polar surface area (TPSA) is 79.5 Å². The lowest BCUT2D eigenvalue weighted by atomic mass is 10.2. The number of hydrogen-bond donors (Lipinski definition) is 2. The van der Waals surface area contributed by atoms with Gasteiger partial charge in [0.05, 0.1) is 0 Å². The van der Waals surface area contributed by atoms with Gasteiger partial charge in [0.2, 0.25) is 0 Å². The summed E-state index contributed by atoms with van der Waals surface area (Å²) in [5.74, 6) is 7.67. The Morgan fingerprint density at radius 1 is 1.45 bits per heavy atom. The molecular weight excluding hydrogens is 256 g/mol. The van der Waals surface area contributed by atoms with Crippen LogP contribution in [0.15, 0.2) is 6.07 Å². The summed E-state index contributed by atoms with van der Waals surface area (Å²) in [4.78, 5) is 13.5. The highest BCUT2D eigenvalue weighted by atomic mass is 16.5. The quantitative estimate of drug-likeness (QED) is 0.598. The molecule has 0 amide bonds. The minimum atomic E-state index is 0.405. The summed E-state index contributed by atoms with van der Waals surface area (Å²) in [5.41, 5.74) is 2.60. The first kappa shape index (κ1) is 15.0. The predicted octanol–water partition coefficient (Wildman–Crippen LogP) is 0.439. The van der Waals surface area contributed by atoms with Crippen LogP contribution >= 0.6 is 0 Å². The van der Waals surface area contributed by atoms with Crippen molar-refractivity contribution in [2.75, 3.05) is 43.6 Å². The Kier molecular flexibility index (Phi) is 5.11. The molecule has 0 saturated carbocycles. The minimum absolute atomic E-state index is 0.405. The number of hydrogen-bond acceptors (Lipinski definition) is 7. The van der Waals surface area contributed by atoms with Gasteiger partial charge in [-0.05, 0) is 20.9 Å². The Morgan fingerprint density at radius 2 is 2.25 bits per heavy atom. The third kappa shape index (κ3) is 3.56. The Labute approximate surface area is 120 Å². The van der Waals surface area contributed by atoms with Crippen molar-refractivity contribution in [1.29, 1.82) is 0 Å². The first-order chi connectivity index (χ1) is 9.63. The molecule has 1 aromatic heterocycles. The van der Waals surface area contributed by atoms with Gasteiger partial charge in [0.25, 0.3) is 0 Å². The third-order valence-corrected chi connectivity index (χ3v) is 3.63. The molecule has 0 spiro atoms. The van der Waals surface area contributed by atoms with E-state index in [0.29, 0.717) is 30.9 Å². The summed E-state index contributed by atoms with van der Waals surface area (Å²) in [7, 11) is 2.15. The molecule has 0 aromatic carbocycles. The fourth-order valence-electron chi connectivity index (χ4n) is 2.23. The van der Waals surface area contributed by atoms with Gasteiger partial charge in [-0.15, -0.1) is 0 Å². The van der Waals surface area contributed by atoms with Gasteiger partial charge in [-0.2, -0.15) is 0 Å². The first-order valence-corrected chi connectivity index (χ1v) is 7.01. The highest BCUT2D eigenvalue weighted by molar-refractivity contribution is 5.49.